The lowest BCUT2D eigenvalue weighted by Gasteiger charge is -2.38. The maximum atomic E-state index is 12.8. The maximum absolute atomic E-state index is 12.8. The van der Waals surface area contributed by atoms with Crippen molar-refractivity contribution < 1.29 is 19.4 Å². The number of nitrogens with zero attached hydrogens (tertiary/aromatic N) is 1. The van der Waals surface area contributed by atoms with Gasteiger partial charge in [-0.25, -0.2) is 0 Å². The summed E-state index contributed by atoms with van der Waals surface area (Å²) in [5.74, 6) is -0.614. The van der Waals surface area contributed by atoms with Crippen LogP contribution in [0.2, 0.25) is 0 Å². The van der Waals surface area contributed by atoms with Gasteiger partial charge in [0.25, 0.3) is 0 Å². The molecule has 6 nitrogen and oxygen atoms in total. The highest BCUT2D eigenvalue weighted by molar-refractivity contribution is 5.97. The number of benzene rings is 2. The van der Waals surface area contributed by atoms with E-state index in [1.807, 2.05) is 60.7 Å². The third kappa shape index (κ3) is 4.28. The van der Waals surface area contributed by atoms with Crippen LogP contribution < -0.4 is 5.32 Å². The van der Waals surface area contributed by atoms with Crippen LogP contribution in [0.1, 0.15) is 11.1 Å². The number of amides is 2. The molecule has 2 atom stereocenters. The third-order valence-corrected chi connectivity index (χ3v) is 4.34. The van der Waals surface area contributed by atoms with Crippen LogP contribution in [-0.4, -0.2) is 47.1 Å². The van der Waals surface area contributed by atoms with E-state index >= 15 is 0 Å². The van der Waals surface area contributed by atoms with Crippen molar-refractivity contribution in [3.05, 3.63) is 71.8 Å². The lowest BCUT2D eigenvalue weighted by atomic mass is 10.1. The molecule has 0 spiro atoms. The third-order valence-electron chi connectivity index (χ3n) is 4.34. The Hall–Kier alpha value is -2.70. The van der Waals surface area contributed by atoms with E-state index < -0.39 is 18.7 Å². The predicted octanol–water partition coefficient (Wildman–Crippen LogP) is 1.09. The molecule has 0 bridgehead atoms. The molecule has 6 heteroatoms. The fourth-order valence-corrected chi connectivity index (χ4v) is 2.96. The molecule has 1 aliphatic rings. The smallest absolute Gasteiger partial charge is 0.248 e. The maximum Gasteiger partial charge on any atom is 0.248 e. The molecule has 2 amide bonds. The molecule has 2 aromatic rings. The van der Waals surface area contributed by atoms with Crippen molar-refractivity contribution in [3.8, 4) is 0 Å². The Morgan fingerprint density at radius 2 is 1.58 bits per heavy atom. The van der Waals surface area contributed by atoms with Crippen LogP contribution in [0.4, 0.5) is 0 Å². The van der Waals surface area contributed by atoms with Gasteiger partial charge in [0.15, 0.2) is 0 Å². The summed E-state index contributed by atoms with van der Waals surface area (Å²) in [6.45, 7) is 0.307. The fourth-order valence-electron chi connectivity index (χ4n) is 2.96. The summed E-state index contributed by atoms with van der Waals surface area (Å²) in [6, 6.07) is 17.4. The molecule has 0 radical (unpaired) electrons. The average molecular weight is 354 g/mol. The van der Waals surface area contributed by atoms with E-state index in [2.05, 4.69) is 5.32 Å². The number of hydrogen-bond donors (Lipinski definition) is 2. The Balaban J connectivity index is 1.65. The minimum absolute atomic E-state index is 0.0862. The average Bonchev–Trinajstić information content (AvgIpc) is 2.67. The molecular weight excluding hydrogens is 332 g/mol. The monoisotopic (exact) mass is 354 g/mol. The first kappa shape index (κ1) is 18.1. The van der Waals surface area contributed by atoms with E-state index in [1.54, 1.807) is 0 Å². The number of nitrogens with one attached hydrogen (secondary N) is 1. The van der Waals surface area contributed by atoms with Crippen molar-refractivity contribution in [2.24, 2.45) is 0 Å². The van der Waals surface area contributed by atoms with Gasteiger partial charge in [-0.1, -0.05) is 60.7 Å². The number of carbonyl (C=O) groups is 2. The highest BCUT2D eigenvalue weighted by Crippen LogP contribution is 2.15. The molecular formula is C20H22N2O4. The highest BCUT2D eigenvalue weighted by atomic mass is 16.5. The number of piperazine rings is 1. The van der Waals surface area contributed by atoms with Crippen molar-refractivity contribution in [1.82, 2.24) is 10.2 Å². The Morgan fingerprint density at radius 1 is 0.962 bits per heavy atom. The molecule has 1 heterocycles. The molecule has 0 saturated carbocycles. The van der Waals surface area contributed by atoms with Gasteiger partial charge in [-0.05, 0) is 11.1 Å². The van der Waals surface area contributed by atoms with Gasteiger partial charge in [0, 0.05) is 6.54 Å². The van der Waals surface area contributed by atoms with E-state index in [1.165, 1.54) is 4.90 Å². The van der Waals surface area contributed by atoms with Gasteiger partial charge in [-0.3, -0.25) is 9.59 Å². The fraction of sp³-hybridized carbons (Fsp3) is 0.300. The summed E-state index contributed by atoms with van der Waals surface area (Å²) in [7, 11) is 0. The van der Waals surface area contributed by atoms with Crippen LogP contribution in [0.3, 0.4) is 0 Å². The molecule has 0 aromatic heterocycles. The van der Waals surface area contributed by atoms with Crippen molar-refractivity contribution in [1.29, 1.82) is 0 Å². The number of aliphatic hydroxyl groups is 1. The van der Waals surface area contributed by atoms with Gasteiger partial charge in [0.2, 0.25) is 11.8 Å². The summed E-state index contributed by atoms with van der Waals surface area (Å²) in [5, 5.41) is 12.2. The van der Waals surface area contributed by atoms with E-state index in [9.17, 15) is 14.7 Å². The quantitative estimate of drug-likeness (QED) is 0.780. The van der Waals surface area contributed by atoms with Crippen molar-refractivity contribution in [3.63, 3.8) is 0 Å². The SMILES string of the molecule is O=C1N[C@H](COCc2ccccc2)C(=O)N(Cc2ccccc2)[C@@H]1CO. The van der Waals surface area contributed by atoms with Gasteiger partial charge < -0.3 is 20.1 Å². The summed E-state index contributed by atoms with van der Waals surface area (Å²) in [6.07, 6.45) is 0. The zero-order valence-electron chi connectivity index (χ0n) is 14.4. The standard InChI is InChI=1S/C20H22N2O4/c23-12-18-19(24)21-17(14-26-13-16-9-5-2-6-10-16)20(25)22(18)11-15-7-3-1-4-8-15/h1-10,17-18,23H,11-14H2,(H,21,24)/t17-,18-/m1/s1. The second-order valence-electron chi connectivity index (χ2n) is 6.21. The van der Waals surface area contributed by atoms with E-state index in [-0.39, 0.29) is 25.0 Å². The summed E-state index contributed by atoms with van der Waals surface area (Å²) < 4.78 is 5.62. The topological polar surface area (TPSA) is 78.9 Å². The van der Waals surface area contributed by atoms with Gasteiger partial charge in [0.05, 0.1) is 19.8 Å². The van der Waals surface area contributed by atoms with Gasteiger partial charge in [-0.2, -0.15) is 0 Å². The molecule has 0 aliphatic carbocycles. The second-order valence-corrected chi connectivity index (χ2v) is 6.21. The van der Waals surface area contributed by atoms with Crippen LogP contribution in [-0.2, 0) is 27.5 Å². The van der Waals surface area contributed by atoms with Crippen molar-refractivity contribution >= 4 is 11.8 Å². The predicted molar refractivity (Wildman–Crippen MR) is 95.9 cm³/mol. The minimum atomic E-state index is -0.881. The molecule has 1 saturated heterocycles. The van der Waals surface area contributed by atoms with Crippen molar-refractivity contribution in [2.75, 3.05) is 13.2 Å². The number of rotatable bonds is 7. The molecule has 0 unspecified atom stereocenters. The van der Waals surface area contributed by atoms with Crippen LogP contribution in [0.5, 0.6) is 0 Å². The van der Waals surface area contributed by atoms with Gasteiger partial charge in [-0.15, -0.1) is 0 Å². The van der Waals surface area contributed by atoms with Crippen LogP contribution >= 0.6 is 0 Å². The van der Waals surface area contributed by atoms with E-state index in [0.29, 0.717) is 6.61 Å². The summed E-state index contributed by atoms with van der Waals surface area (Å²) in [5.41, 5.74) is 1.90. The zero-order chi connectivity index (χ0) is 18.4. The van der Waals surface area contributed by atoms with Crippen molar-refractivity contribution in [2.45, 2.75) is 25.2 Å². The Morgan fingerprint density at radius 3 is 2.19 bits per heavy atom. The Kier molecular flexibility index (Phi) is 5.99. The second kappa shape index (κ2) is 8.60. The van der Waals surface area contributed by atoms with E-state index in [4.69, 9.17) is 4.74 Å². The van der Waals surface area contributed by atoms with Crippen LogP contribution in [0, 0.1) is 0 Å². The van der Waals surface area contributed by atoms with E-state index in [0.717, 1.165) is 11.1 Å². The van der Waals surface area contributed by atoms with Crippen LogP contribution in [0.25, 0.3) is 0 Å². The van der Waals surface area contributed by atoms with Gasteiger partial charge >= 0.3 is 0 Å². The number of carbonyl (C=O) groups excluding carboxylic acids is 2. The largest absolute Gasteiger partial charge is 0.394 e. The molecule has 1 fully saturated rings. The normalized spacial score (nSPS) is 20.1. The van der Waals surface area contributed by atoms with Crippen LogP contribution in [0.15, 0.2) is 60.7 Å². The number of hydrogen-bond acceptors (Lipinski definition) is 4. The molecule has 136 valence electrons. The number of ether oxygens (including phenoxy) is 1. The lowest BCUT2D eigenvalue weighted by molar-refractivity contribution is -0.153. The lowest BCUT2D eigenvalue weighted by Crippen LogP contribution is -2.65. The molecule has 2 N–H and O–H groups in total. The first-order valence-electron chi connectivity index (χ1n) is 8.56. The Bertz CT molecular complexity index is 736. The molecule has 3 rings (SSSR count). The summed E-state index contributed by atoms with van der Waals surface area (Å²) >= 11 is 0. The minimum Gasteiger partial charge on any atom is -0.394 e. The van der Waals surface area contributed by atoms with Gasteiger partial charge in [0.1, 0.15) is 12.1 Å². The molecule has 2 aromatic carbocycles. The number of aliphatic hydroxyl groups excluding tert-OH is 1. The first-order valence-corrected chi connectivity index (χ1v) is 8.56. The molecule has 1 aliphatic heterocycles. The molecule has 26 heavy (non-hydrogen) atoms. The summed E-state index contributed by atoms with van der Waals surface area (Å²) in [4.78, 5) is 26.5. The Labute approximate surface area is 152 Å². The first-order chi connectivity index (χ1) is 12.7. The highest BCUT2D eigenvalue weighted by Gasteiger charge is 2.40. The zero-order valence-corrected chi connectivity index (χ0v) is 14.4.